The Morgan fingerprint density at radius 2 is 1.48 bits per heavy atom. The predicted molar refractivity (Wildman–Crippen MR) is 106 cm³/mol. The summed E-state index contributed by atoms with van der Waals surface area (Å²) in [5.41, 5.74) is 4.31. The molecule has 0 aliphatic heterocycles. The molecule has 0 spiro atoms. The first kappa shape index (κ1) is 17.0. The maximum Gasteiger partial charge on any atom is 0.243 e. The van der Waals surface area contributed by atoms with E-state index >= 15 is 0 Å². The number of amides is 1. The maximum absolute atomic E-state index is 12.5. The van der Waals surface area contributed by atoms with Crippen molar-refractivity contribution < 1.29 is 4.79 Å². The largest absolute Gasteiger partial charge is 0.376 e. The number of carbonyl (C=O) groups is 1. The van der Waals surface area contributed by atoms with E-state index < -0.39 is 0 Å². The molecule has 0 saturated carbocycles. The van der Waals surface area contributed by atoms with Crippen LogP contribution in [0.3, 0.4) is 0 Å². The molecule has 0 fully saturated rings. The number of hydrogen-bond donors (Lipinski definition) is 2. The van der Waals surface area contributed by atoms with Crippen molar-refractivity contribution in [3.63, 3.8) is 0 Å². The first-order valence-electron chi connectivity index (χ1n) is 8.85. The summed E-state index contributed by atoms with van der Waals surface area (Å²) in [6.45, 7) is 4.47. The smallest absolute Gasteiger partial charge is 0.243 e. The number of aryl methyl sites for hydroxylation is 2. The molecule has 1 amide bonds. The van der Waals surface area contributed by atoms with Crippen LogP contribution in [0.15, 0.2) is 60.7 Å². The molecule has 128 valence electrons. The molecule has 0 aliphatic rings. The van der Waals surface area contributed by atoms with Gasteiger partial charge in [0.1, 0.15) is 0 Å². The molecule has 3 heteroatoms. The van der Waals surface area contributed by atoms with Crippen molar-refractivity contribution in [2.75, 3.05) is 17.2 Å². The van der Waals surface area contributed by atoms with Gasteiger partial charge in [-0.2, -0.15) is 0 Å². The molecule has 0 radical (unpaired) electrons. The van der Waals surface area contributed by atoms with E-state index in [0.717, 1.165) is 35.0 Å². The molecule has 0 atom stereocenters. The van der Waals surface area contributed by atoms with Gasteiger partial charge < -0.3 is 10.6 Å². The molecule has 0 aliphatic carbocycles. The van der Waals surface area contributed by atoms with Crippen LogP contribution in [-0.4, -0.2) is 12.5 Å². The number of nitrogens with one attached hydrogen (secondary N) is 2. The number of benzene rings is 3. The lowest BCUT2D eigenvalue weighted by molar-refractivity contribution is -0.114. The fraction of sp³-hybridized carbons (Fsp3) is 0.227. The Balaban J connectivity index is 1.73. The third kappa shape index (κ3) is 3.82. The van der Waals surface area contributed by atoms with Crippen molar-refractivity contribution in [2.24, 2.45) is 0 Å². The van der Waals surface area contributed by atoms with Crippen LogP contribution in [0.1, 0.15) is 25.0 Å². The summed E-state index contributed by atoms with van der Waals surface area (Å²) in [4.78, 5) is 12.5. The van der Waals surface area contributed by atoms with E-state index in [1.807, 2.05) is 24.3 Å². The van der Waals surface area contributed by atoms with E-state index in [9.17, 15) is 4.79 Å². The van der Waals surface area contributed by atoms with Crippen molar-refractivity contribution >= 4 is 28.1 Å². The highest BCUT2D eigenvalue weighted by Gasteiger charge is 2.10. The zero-order valence-corrected chi connectivity index (χ0v) is 14.8. The second kappa shape index (κ2) is 7.84. The third-order valence-corrected chi connectivity index (χ3v) is 4.49. The van der Waals surface area contributed by atoms with E-state index in [1.54, 1.807) is 0 Å². The van der Waals surface area contributed by atoms with Gasteiger partial charge in [0, 0.05) is 16.8 Å². The van der Waals surface area contributed by atoms with Crippen LogP contribution in [0, 0.1) is 0 Å². The van der Waals surface area contributed by atoms with Crippen LogP contribution in [0.25, 0.3) is 10.8 Å². The fourth-order valence-electron chi connectivity index (χ4n) is 3.14. The summed E-state index contributed by atoms with van der Waals surface area (Å²) in [5, 5.41) is 8.66. The van der Waals surface area contributed by atoms with Gasteiger partial charge in [0.25, 0.3) is 0 Å². The lowest BCUT2D eigenvalue weighted by Crippen LogP contribution is -2.23. The molecular weight excluding hydrogens is 308 g/mol. The third-order valence-electron chi connectivity index (χ3n) is 4.49. The fourth-order valence-corrected chi connectivity index (χ4v) is 3.14. The average Bonchev–Trinajstić information content (AvgIpc) is 2.66. The zero-order valence-electron chi connectivity index (χ0n) is 14.8. The van der Waals surface area contributed by atoms with E-state index in [1.165, 1.54) is 11.1 Å². The molecule has 3 aromatic carbocycles. The van der Waals surface area contributed by atoms with Crippen molar-refractivity contribution in [1.82, 2.24) is 0 Å². The Bertz CT molecular complexity index is 859. The molecule has 3 rings (SSSR count). The minimum Gasteiger partial charge on any atom is -0.376 e. The number of rotatable bonds is 6. The highest BCUT2D eigenvalue weighted by molar-refractivity contribution is 5.98. The van der Waals surface area contributed by atoms with Crippen LogP contribution in [0.4, 0.5) is 11.4 Å². The van der Waals surface area contributed by atoms with Crippen molar-refractivity contribution in [3.05, 3.63) is 71.8 Å². The standard InChI is InChI=1S/C22H24N2O/c1-3-16-10-7-11-17(4-2)22(16)24-21(25)15-23-20-14-8-12-18-9-5-6-13-19(18)20/h5-14,23H,3-4,15H2,1-2H3,(H,24,25). The molecule has 0 bridgehead atoms. The molecule has 0 unspecified atom stereocenters. The van der Waals surface area contributed by atoms with Crippen molar-refractivity contribution in [2.45, 2.75) is 26.7 Å². The maximum atomic E-state index is 12.5. The lowest BCUT2D eigenvalue weighted by Gasteiger charge is -2.15. The van der Waals surface area contributed by atoms with Crippen LogP contribution in [-0.2, 0) is 17.6 Å². The monoisotopic (exact) mass is 332 g/mol. The second-order valence-corrected chi connectivity index (χ2v) is 6.09. The van der Waals surface area contributed by atoms with E-state index in [2.05, 4.69) is 60.9 Å². The van der Waals surface area contributed by atoms with Crippen LogP contribution in [0.5, 0.6) is 0 Å². The van der Waals surface area contributed by atoms with Crippen LogP contribution >= 0.6 is 0 Å². The highest BCUT2D eigenvalue weighted by atomic mass is 16.1. The normalized spacial score (nSPS) is 10.6. The van der Waals surface area contributed by atoms with Gasteiger partial charge in [0.2, 0.25) is 5.91 Å². The number of carbonyl (C=O) groups excluding carboxylic acids is 1. The molecule has 0 aromatic heterocycles. The van der Waals surface area contributed by atoms with Crippen LogP contribution < -0.4 is 10.6 Å². The Morgan fingerprint density at radius 1 is 0.840 bits per heavy atom. The van der Waals surface area contributed by atoms with Crippen LogP contribution in [0.2, 0.25) is 0 Å². The summed E-state index contributed by atoms with van der Waals surface area (Å²) in [6, 6.07) is 20.5. The van der Waals surface area contributed by atoms with Gasteiger partial charge in [-0.25, -0.2) is 0 Å². The number of para-hydroxylation sites is 1. The number of hydrogen-bond acceptors (Lipinski definition) is 2. The summed E-state index contributed by atoms with van der Waals surface area (Å²) in [6.07, 6.45) is 1.81. The van der Waals surface area contributed by atoms with Gasteiger partial charge in [-0.1, -0.05) is 68.4 Å². The van der Waals surface area contributed by atoms with E-state index in [4.69, 9.17) is 0 Å². The minimum atomic E-state index is -0.0245. The quantitative estimate of drug-likeness (QED) is 0.666. The van der Waals surface area contributed by atoms with Crippen molar-refractivity contribution in [1.29, 1.82) is 0 Å². The number of fused-ring (bicyclic) bond motifs is 1. The second-order valence-electron chi connectivity index (χ2n) is 6.09. The van der Waals surface area contributed by atoms with Gasteiger partial charge in [-0.05, 0) is 35.4 Å². The molecule has 0 saturated heterocycles. The van der Waals surface area contributed by atoms with E-state index in [-0.39, 0.29) is 12.5 Å². The minimum absolute atomic E-state index is 0.0245. The molecule has 0 heterocycles. The average molecular weight is 332 g/mol. The summed E-state index contributed by atoms with van der Waals surface area (Å²) in [7, 11) is 0. The highest BCUT2D eigenvalue weighted by Crippen LogP contribution is 2.24. The van der Waals surface area contributed by atoms with Gasteiger partial charge in [-0.15, -0.1) is 0 Å². The Hall–Kier alpha value is -2.81. The van der Waals surface area contributed by atoms with Gasteiger partial charge >= 0.3 is 0 Å². The van der Waals surface area contributed by atoms with E-state index in [0.29, 0.717) is 0 Å². The van der Waals surface area contributed by atoms with Gasteiger partial charge in [-0.3, -0.25) is 4.79 Å². The molecule has 3 aromatic rings. The summed E-state index contributed by atoms with van der Waals surface area (Å²) in [5.74, 6) is -0.0245. The first-order valence-corrected chi connectivity index (χ1v) is 8.85. The number of anilines is 2. The van der Waals surface area contributed by atoms with Gasteiger partial charge in [0.05, 0.1) is 6.54 Å². The topological polar surface area (TPSA) is 41.1 Å². The molecular formula is C22H24N2O. The first-order chi connectivity index (χ1) is 12.2. The van der Waals surface area contributed by atoms with Crippen molar-refractivity contribution in [3.8, 4) is 0 Å². The predicted octanol–water partition coefficient (Wildman–Crippen LogP) is 5.02. The Kier molecular flexibility index (Phi) is 5.34. The SMILES string of the molecule is CCc1cccc(CC)c1NC(=O)CNc1cccc2ccccc12. The lowest BCUT2D eigenvalue weighted by atomic mass is 10.0. The molecule has 25 heavy (non-hydrogen) atoms. The molecule has 2 N–H and O–H groups in total. The van der Waals surface area contributed by atoms with Gasteiger partial charge in [0.15, 0.2) is 0 Å². The Labute approximate surface area is 149 Å². The Morgan fingerprint density at radius 3 is 2.20 bits per heavy atom. The summed E-state index contributed by atoms with van der Waals surface area (Å²) >= 11 is 0. The summed E-state index contributed by atoms with van der Waals surface area (Å²) < 4.78 is 0. The zero-order chi connectivity index (χ0) is 17.6. The molecule has 3 nitrogen and oxygen atoms in total.